The number of benzene rings is 3. The summed E-state index contributed by atoms with van der Waals surface area (Å²) >= 11 is 15.4. The Morgan fingerprint density at radius 3 is 2.58 bits per heavy atom. The van der Waals surface area contributed by atoms with Crippen molar-refractivity contribution in [2.45, 2.75) is 26.5 Å². The number of nitro groups is 1. The molecule has 3 aromatic carbocycles. The van der Waals surface area contributed by atoms with Gasteiger partial charge in [-0.3, -0.25) is 14.9 Å². The number of rotatable bonds is 13. The quantitative estimate of drug-likeness (QED) is 0.0818. The van der Waals surface area contributed by atoms with Gasteiger partial charge in [-0.2, -0.15) is 5.10 Å². The molecule has 1 heterocycles. The van der Waals surface area contributed by atoms with E-state index in [0.717, 1.165) is 0 Å². The van der Waals surface area contributed by atoms with Crippen LogP contribution in [-0.4, -0.2) is 49.4 Å². The van der Waals surface area contributed by atoms with Crippen molar-refractivity contribution in [1.82, 2.24) is 16.1 Å². The van der Waals surface area contributed by atoms with Gasteiger partial charge in [-0.05, 0) is 65.7 Å². The molecule has 3 aromatic rings. The van der Waals surface area contributed by atoms with Crippen LogP contribution in [-0.2, 0) is 20.9 Å². The molecule has 0 radical (unpaired) electrons. The number of carbonyl (C=O) groups excluding carboxylic acids is 3. The number of esters is 1. The fraction of sp³-hybridized carbons (Fsp3) is 0.226. The van der Waals surface area contributed by atoms with Crippen molar-refractivity contribution in [2.24, 2.45) is 5.10 Å². The third-order valence-corrected chi connectivity index (χ3v) is 7.85. The molecule has 0 spiro atoms. The number of urea groups is 1. The zero-order chi connectivity index (χ0) is 35.0. The molecule has 0 unspecified atom stereocenters. The first kappa shape index (κ1) is 36.0. The number of carbonyl (C=O) groups is 3. The lowest BCUT2D eigenvalue weighted by Gasteiger charge is -2.28. The second kappa shape index (κ2) is 16.3. The molecule has 0 saturated heterocycles. The lowest BCUT2D eigenvalue weighted by Crippen LogP contribution is -2.45. The number of halogens is 3. The van der Waals surface area contributed by atoms with Gasteiger partial charge < -0.3 is 29.6 Å². The highest BCUT2D eigenvalue weighted by atomic mass is 79.9. The number of allylic oxidation sites excluding steroid dienone is 1. The van der Waals surface area contributed by atoms with E-state index in [1.165, 1.54) is 37.6 Å². The fourth-order valence-electron chi connectivity index (χ4n) is 4.50. The van der Waals surface area contributed by atoms with Gasteiger partial charge >= 0.3 is 17.7 Å². The molecule has 0 fully saturated rings. The van der Waals surface area contributed by atoms with Gasteiger partial charge in [0.25, 0.3) is 5.91 Å². The van der Waals surface area contributed by atoms with Gasteiger partial charge in [0.05, 0.1) is 40.9 Å². The zero-order valence-electron chi connectivity index (χ0n) is 25.6. The Morgan fingerprint density at radius 2 is 1.90 bits per heavy atom. The highest BCUT2D eigenvalue weighted by molar-refractivity contribution is 9.10. The highest BCUT2D eigenvalue weighted by Gasteiger charge is 2.32. The minimum Gasteiger partial charge on any atom is -0.493 e. The van der Waals surface area contributed by atoms with Crippen LogP contribution in [0.2, 0.25) is 10.0 Å². The third-order valence-electron chi connectivity index (χ3n) is 6.68. The molecule has 3 N–H and O–H groups in total. The van der Waals surface area contributed by atoms with E-state index in [-0.39, 0.29) is 46.2 Å². The molecule has 0 aliphatic carbocycles. The van der Waals surface area contributed by atoms with E-state index in [2.05, 4.69) is 37.1 Å². The van der Waals surface area contributed by atoms with Crippen LogP contribution in [0.25, 0.3) is 0 Å². The van der Waals surface area contributed by atoms with Crippen LogP contribution in [0.15, 0.2) is 69.4 Å². The van der Waals surface area contributed by atoms with Crippen LogP contribution >= 0.6 is 39.1 Å². The number of hydrazone groups is 1. The van der Waals surface area contributed by atoms with E-state index < -0.39 is 35.5 Å². The van der Waals surface area contributed by atoms with E-state index in [9.17, 15) is 24.5 Å². The predicted molar refractivity (Wildman–Crippen MR) is 180 cm³/mol. The predicted octanol–water partition coefficient (Wildman–Crippen LogP) is 5.97. The number of hydrogen-bond acceptors (Lipinski definition) is 10. The molecule has 17 heteroatoms. The Hall–Kier alpha value is -4.86. The van der Waals surface area contributed by atoms with Crippen LogP contribution < -0.4 is 30.3 Å². The fourth-order valence-corrected chi connectivity index (χ4v) is 5.55. The first-order valence-electron chi connectivity index (χ1n) is 14.0. The summed E-state index contributed by atoms with van der Waals surface area (Å²) in [7, 11) is 1.39. The molecule has 0 aromatic heterocycles. The second-order valence-electron chi connectivity index (χ2n) is 9.92. The van der Waals surface area contributed by atoms with E-state index in [1.54, 1.807) is 38.1 Å². The molecule has 48 heavy (non-hydrogen) atoms. The lowest BCUT2D eigenvalue weighted by atomic mass is 9.95. The summed E-state index contributed by atoms with van der Waals surface area (Å²) in [6, 6.07) is 11.0. The van der Waals surface area contributed by atoms with Crippen LogP contribution in [0.1, 0.15) is 36.6 Å². The maximum Gasteiger partial charge on any atom is 0.338 e. The van der Waals surface area contributed by atoms with Crippen molar-refractivity contribution in [3.63, 3.8) is 0 Å². The topological polar surface area (TPSA) is 180 Å². The first-order valence-corrected chi connectivity index (χ1v) is 15.6. The lowest BCUT2D eigenvalue weighted by molar-refractivity contribution is -0.386. The van der Waals surface area contributed by atoms with E-state index in [1.807, 2.05) is 0 Å². The highest BCUT2D eigenvalue weighted by Crippen LogP contribution is 2.38. The van der Waals surface area contributed by atoms with Crippen LogP contribution in [0.5, 0.6) is 17.2 Å². The molecular formula is C31H28BrCl2N5O9. The molecule has 4 rings (SSSR count). The van der Waals surface area contributed by atoms with Gasteiger partial charge in [-0.15, -0.1) is 0 Å². The molecule has 0 bridgehead atoms. The van der Waals surface area contributed by atoms with E-state index in [4.69, 9.17) is 42.1 Å². The monoisotopic (exact) mass is 763 g/mol. The maximum absolute atomic E-state index is 12.6. The number of methoxy groups -OCH3 is 1. The minimum atomic E-state index is -0.822. The van der Waals surface area contributed by atoms with Gasteiger partial charge in [0.2, 0.25) is 5.75 Å². The van der Waals surface area contributed by atoms with Gasteiger partial charge in [-0.1, -0.05) is 35.3 Å². The van der Waals surface area contributed by atoms with Crippen molar-refractivity contribution in [3.8, 4) is 17.2 Å². The number of ether oxygens (including phenoxy) is 4. The van der Waals surface area contributed by atoms with Crippen molar-refractivity contribution in [3.05, 3.63) is 101 Å². The Morgan fingerprint density at radius 1 is 1.12 bits per heavy atom. The summed E-state index contributed by atoms with van der Waals surface area (Å²) in [6.07, 6.45) is 1.22. The van der Waals surface area contributed by atoms with Crippen LogP contribution in [0.3, 0.4) is 0 Å². The average molecular weight is 765 g/mol. The van der Waals surface area contributed by atoms with E-state index >= 15 is 0 Å². The SMILES string of the molecule is CCOC(=O)C1=C(C)NC(=O)N[C@H]1c1ccc(OCC(=O)N/N=C/c2cc(Br)c(OCc3ccc(Cl)cc3Cl)c([N+](=O)[O-])c2)c(OC)c1. The number of nitro benzene ring substituents is 1. The molecule has 0 saturated carbocycles. The van der Waals surface area contributed by atoms with Crippen molar-refractivity contribution in [1.29, 1.82) is 0 Å². The molecule has 3 amide bonds. The van der Waals surface area contributed by atoms with Crippen LogP contribution in [0.4, 0.5) is 10.5 Å². The van der Waals surface area contributed by atoms with Crippen molar-refractivity contribution in [2.75, 3.05) is 20.3 Å². The minimum absolute atomic E-state index is 0.0219. The Labute approximate surface area is 292 Å². The smallest absolute Gasteiger partial charge is 0.338 e. The molecule has 1 aliphatic heterocycles. The number of hydrogen-bond donors (Lipinski definition) is 3. The Bertz CT molecular complexity index is 1820. The summed E-state index contributed by atoms with van der Waals surface area (Å²) in [5.41, 5.74) is 3.91. The standard InChI is InChI=1S/C31H28BrCl2N5O9/c1-4-46-30(41)27-16(2)36-31(42)37-28(27)18-6-8-24(25(11-18)45-3)47-15-26(40)38-35-13-17-9-21(32)29(23(10-17)39(43)44)48-14-19-5-7-20(33)12-22(19)34/h5-13,28H,4,14-15H2,1-3H3,(H,38,40)(H2,36,37,42)/b35-13+/t28-/m0/s1. The maximum atomic E-state index is 12.6. The van der Waals surface area contributed by atoms with Gasteiger partial charge in [0.1, 0.15) is 6.61 Å². The summed E-state index contributed by atoms with van der Waals surface area (Å²) in [5.74, 6) is -0.815. The molecule has 1 atom stereocenters. The van der Waals surface area contributed by atoms with Crippen molar-refractivity contribution >= 4 is 68.9 Å². The first-order chi connectivity index (χ1) is 22.9. The largest absolute Gasteiger partial charge is 0.493 e. The summed E-state index contributed by atoms with van der Waals surface area (Å²) < 4.78 is 22.2. The number of nitrogens with one attached hydrogen (secondary N) is 3. The van der Waals surface area contributed by atoms with Crippen molar-refractivity contribution < 1.29 is 38.3 Å². The Kier molecular flexibility index (Phi) is 12.2. The van der Waals surface area contributed by atoms with E-state index in [0.29, 0.717) is 32.4 Å². The molecule has 252 valence electrons. The Balaban J connectivity index is 1.40. The molecule has 1 aliphatic rings. The summed E-state index contributed by atoms with van der Waals surface area (Å²) in [6.45, 7) is 2.91. The number of amides is 3. The summed E-state index contributed by atoms with van der Waals surface area (Å²) in [4.78, 5) is 48.4. The molecule has 14 nitrogen and oxygen atoms in total. The molecular weight excluding hydrogens is 737 g/mol. The number of nitrogens with zero attached hydrogens (tertiary/aromatic N) is 2. The average Bonchev–Trinajstić information content (AvgIpc) is 3.03. The summed E-state index contributed by atoms with van der Waals surface area (Å²) in [5, 5.41) is 21.7. The van der Waals surface area contributed by atoms with Gasteiger partial charge in [0, 0.05) is 32.9 Å². The van der Waals surface area contributed by atoms with Crippen LogP contribution in [0, 0.1) is 10.1 Å². The van der Waals surface area contributed by atoms with Gasteiger partial charge in [-0.25, -0.2) is 15.0 Å². The second-order valence-corrected chi connectivity index (χ2v) is 11.6. The van der Waals surface area contributed by atoms with Gasteiger partial charge in [0.15, 0.2) is 18.1 Å². The zero-order valence-corrected chi connectivity index (χ0v) is 28.7. The third kappa shape index (κ3) is 8.93. The normalized spacial score (nSPS) is 14.2.